The molecule has 0 radical (unpaired) electrons. The zero-order valence-corrected chi connectivity index (χ0v) is 16.7. The lowest BCUT2D eigenvalue weighted by Crippen LogP contribution is -2.50. The second-order valence-electron chi connectivity index (χ2n) is 8.15. The Labute approximate surface area is 165 Å². The van der Waals surface area contributed by atoms with Gasteiger partial charge in [-0.15, -0.1) is 4.91 Å². The zero-order chi connectivity index (χ0) is 19.7. The molecular formula is C22H29N3O3. The summed E-state index contributed by atoms with van der Waals surface area (Å²) in [7, 11) is 0. The molecule has 6 nitrogen and oxygen atoms in total. The van der Waals surface area contributed by atoms with Crippen LogP contribution in [-0.4, -0.2) is 41.6 Å². The van der Waals surface area contributed by atoms with Crippen molar-refractivity contribution >= 4 is 16.9 Å². The Hall–Kier alpha value is -2.21. The Balaban J connectivity index is 1.76. The molecule has 150 valence electrons. The maximum absolute atomic E-state index is 12.3. The number of rotatable bonds is 6. The highest BCUT2D eigenvalue weighted by Gasteiger charge is 2.49. The first-order valence-electron chi connectivity index (χ1n) is 10.5. The number of benzene rings is 1. The molecule has 6 heteroatoms. The average molecular weight is 383 g/mol. The van der Waals surface area contributed by atoms with Gasteiger partial charge in [0.25, 0.3) is 0 Å². The Kier molecular flexibility index (Phi) is 5.23. The van der Waals surface area contributed by atoms with Gasteiger partial charge in [0, 0.05) is 23.1 Å². The van der Waals surface area contributed by atoms with Gasteiger partial charge in [0.2, 0.25) is 0 Å². The molecule has 0 spiro atoms. The Bertz CT molecular complexity index is 877. The van der Waals surface area contributed by atoms with Crippen LogP contribution < -0.4 is 0 Å². The SMILES string of the molecule is CCOC(=O)C(CC1(CC)CCCN2CCc3c([nH]c4ccccc34)C21)N=O. The van der Waals surface area contributed by atoms with Gasteiger partial charge in [0.05, 0.1) is 12.6 Å². The fourth-order valence-corrected chi connectivity index (χ4v) is 5.51. The van der Waals surface area contributed by atoms with E-state index < -0.39 is 12.0 Å². The predicted molar refractivity (Wildman–Crippen MR) is 109 cm³/mol. The number of piperidine rings is 1. The highest BCUT2D eigenvalue weighted by molar-refractivity contribution is 5.85. The summed E-state index contributed by atoms with van der Waals surface area (Å²) in [6.07, 6.45) is 4.44. The molecule has 1 aromatic carbocycles. The van der Waals surface area contributed by atoms with Crippen molar-refractivity contribution in [3.05, 3.63) is 40.4 Å². The number of nitroso groups, excluding NO2 is 1. The lowest BCUT2D eigenvalue weighted by Gasteiger charge is -2.52. The number of para-hydroxylation sites is 1. The fraction of sp³-hybridized carbons (Fsp3) is 0.591. The molecule has 1 saturated heterocycles. The third-order valence-electron chi connectivity index (χ3n) is 6.82. The number of H-pyrrole nitrogens is 1. The number of aromatic amines is 1. The van der Waals surface area contributed by atoms with E-state index in [1.165, 1.54) is 22.2 Å². The number of hydrogen-bond acceptors (Lipinski definition) is 5. The number of aromatic nitrogens is 1. The normalized spacial score (nSPS) is 25.7. The maximum atomic E-state index is 12.3. The van der Waals surface area contributed by atoms with Crippen molar-refractivity contribution < 1.29 is 9.53 Å². The second-order valence-corrected chi connectivity index (χ2v) is 8.15. The van der Waals surface area contributed by atoms with Gasteiger partial charge in [-0.3, -0.25) is 4.90 Å². The molecule has 0 aliphatic carbocycles. The molecule has 0 amide bonds. The van der Waals surface area contributed by atoms with Crippen LogP contribution in [0.15, 0.2) is 29.4 Å². The summed E-state index contributed by atoms with van der Waals surface area (Å²) >= 11 is 0. The molecule has 2 aliphatic rings. The first kappa shape index (κ1) is 19.1. The molecule has 1 fully saturated rings. The number of fused-ring (bicyclic) bond motifs is 5. The van der Waals surface area contributed by atoms with Crippen LogP contribution >= 0.6 is 0 Å². The van der Waals surface area contributed by atoms with Gasteiger partial charge >= 0.3 is 5.97 Å². The molecule has 28 heavy (non-hydrogen) atoms. The van der Waals surface area contributed by atoms with Crippen LogP contribution in [0.2, 0.25) is 0 Å². The van der Waals surface area contributed by atoms with E-state index in [1.54, 1.807) is 6.92 Å². The quantitative estimate of drug-likeness (QED) is 0.594. The molecule has 1 aromatic heterocycles. The van der Waals surface area contributed by atoms with Crippen LogP contribution in [0.1, 0.15) is 56.8 Å². The van der Waals surface area contributed by atoms with Gasteiger partial charge in [-0.2, -0.15) is 0 Å². The summed E-state index contributed by atoms with van der Waals surface area (Å²) in [6, 6.07) is 7.71. The maximum Gasteiger partial charge on any atom is 0.334 e. The van der Waals surface area contributed by atoms with Crippen LogP contribution in [-0.2, 0) is 16.0 Å². The van der Waals surface area contributed by atoms with E-state index in [1.807, 2.05) is 0 Å². The third-order valence-corrected chi connectivity index (χ3v) is 6.82. The van der Waals surface area contributed by atoms with E-state index in [9.17, 15) is 9.70 Å². The summed E-state index contributed by atoms with van der Waals surface area (Å²) in [5, 5.41) is 4.47. The highest BCUT2D eigenvalue weighted by atomic mass is 16.5. The summed E-state index contributed by atoms with van der Waals surface area (Å²) in [6.45, 7) is 6.27. The standard InChI is InChI=1S/C22H29N3O3/c1-3-22(14-18(24-27)21(26)28-4-2)11-7-12-25-13-10-16-15-8-5-6-9-17(15)23-19(16)20(22)25/h5-6,8-9,18,20,23H,3-4,7,10-14H2,1-2H3. The van der Waals surface area contributed by atoms with Crippen molar-refractivity contribution in [3.63, 3.8) is 0 Å². The summed E-state index contributed by atoms with van der Waals surface area (Å²) in [4.78, 5) is 30.1. The van der Waals surface area contributed by atoms with Crippen molar-refractivity contribution in [2.45, 2.75) is 58.0 Å². The molecular weight excluding hydrogens is 354 g/mol. The highest BCUT2D eigenvalue weighted by Crippen LogP contribution is 2.54. The molecule has 4 rings (SSSR count). The molecule has 0 saturated carbocycles. The van der Waals surface area contributed by atoms with Crippen molar-refractivity contribution in [2.24, 2.45) is 10.6 Å². The number of esters is 1. The molecule has 0 bridgehead atoms. The Morgan fingerprint density at radius 1 is 1.36 bits per heavy atom. The van der Waals surface area contributed by atoms with E-state index in [4.69, 9.17) is 4.74 Å². The van der Waals surface area contributed by atoms with Gasteiger partial charge < -0.3 is 9.72 Å². The Morgan fingerprint density at radius 2 is 2.18 bits per heavy atom. The smallest absolute Gasteiger partial charge is 0.334 e. The molecule has 3 atom stereocenters. The third kappa shape index (κ3) is 3.04. The van der Waals surface area contributed by atoms with Gasteiger partial charge in [-0.1, -0.05) is 30.3 Å². The lowest BCUT2D eigenvalue weighted by atomic mass is 9.65. The van der Waals surface area contributed by atoms with Gasteiger partial charge in [0.1, 0.15) is 0 Å². The van der Waals surface area contributed by atoms with E-state index in [0.717, 1.165) is 38.8 Å². The lowest BCUT2D eigenvalue weighted by molar-refractivity contribution is -0.146. The predicted octanol–water partition coefficient (Wildman–Crippen LogP) is 4.35. The second kappa shape index (κ2) is 7.66. The molecule has 2 aliphatic heterocycles. The fourth-order valence-electron chi connectivity index (χ4n) is 5.51. The van der Waals surface area contributed by atoms with Crippen LogP contribution in [0.3, 0.4) is 0 Å². The summed E-state index contributed by atoms with van der Waals surface area (Å²) in [5.41, 5.74) is 3.66. The zero-order valence-electron chi connectivity index (χ0n) is 16.7. The number of ether oxygens (including phenoxy) is 1. The monoisotopic (exact) mass is 383 g/mol. The molecule has 3 unspecified atom stereocenters. The number of nitrogens with zero attached hydrogens (tertiary/aromatic N) is 2. The first-order chi connectivity index (χ1) is 13.6. The number of carbonyl (C=O) groups excluding carboxylic acids is 1. The van der Waals surface area contributed by atoms with E-state index in [2.05, 4.69) is 46.2 Å². The van der Waals surface area contributed by atoms with Gasteiger partial charge in [0.15, 0.2) is 6.04 Å². The summed E-state index contributed by atoms with van der Waals surface area (Å²) < 4.78 is 5.13. The topological polar surface area (TPSA) is 74.8 Å². The molecule has 1 N–H and O–H groups in total. The van der Waals surface area contributed by atoms with Gasteiger partial charge in [-0.25, -0.2) is 4.79 Å². The van der Waals surface area contributed by atoms with Crippen molar-refractivity contribution in [1.29, 1.82) is 0 Å². The minimum Gasteiger partial charge on any atom is -0.464 e. The minimum atomic E-state index is -0.936. The van der Waals surface area contributed by atoms with E-state index in [-0.39, 0.29) is 18.1 Å². The van der Waals surface area contributed by atoms with Crippen LogP contribution in [0.5, 0.6) is 0 Å². The number of carbonyl (C=O) groups is 1. The van der Waals surface area contributed by atoms with Crippen molar-refractivity contribution in [2.75, 3.05) is 19.7 Å². The molecule has 2 aromatic rings. The van der Waals surface area contributed by atoms with Crippen LogP contribution in [0.25, 0.3) is 10.9 Å². The number of hydrogen-bond donors (Lipinski definition) is 1. The minimum absolute atomic E-state index is 0.167. The van der Waals surface area contributed by atoms with Crippen LogP contribution in [0, 0.1) is 10.3 Å². The van der Waals surface area contributed by atoms with Crippen molar-refractivity contribution in [3.8, 4) is 0 Å². The largest absolute Gasteiger partial charge is 0.464 e. The van der Waals surface area contributed by atoms with E-state index >= 15 is 0 Å². The summed E-state index contributed by atoms with van der Waals surface area (Å²) in [5.74, 6) is -0.491. The van der Waals surface area contributed by atoms with Crippen molar-refractivity contribution in [1.82, 2.24) is 9.88 Å². The van der Waals surface area contributed by atoms with Gasteiger partial charge in [-0.05, 0) is 62.6 Å². The number of nitrogens with one attached hydrogen (secondary N) is 1. The van der Waals surface area contributed by atoms with Crippen LogP contribution in [0.4, 0.5) is 0 Å². The first-order valence-corrected chi connectivity index (χ1v) is 10.5. The average Bonchev–Trinajstić information content (AvgIpc) is 3.10. The molecule has 3 heterocycles. The van der Waals surface area contributed by atoms with E-state index in [0.29, 0.717) is 6.42 Å². The Morgan fingerprint density at radius 3 is 2.93 bits per heavy atom.